The van der Waals surface area contributed by atoms with E-state index in [1.807, 2.05) is 30.3 Å². The molecule has 4 rings (SSSR count). The lowest BCUT2D eigenvalue weighted by atomic mass is 9.98. The number of aromatic nitrogens is 2. The van der Waals surface area contributed by atoms with Crippen LogP contribution in [-0.4, -0.2) is 36.0 Å². The Morgan fingerprint density at radius 2 is 1.81 bits per heavy atom. The zero-order valence-corrected chi connectivity index (χ0v) is 15.4. The minimum absolute atomic E-state index is 0.0470. The second-order valence-electron chi connectivity index (χ2n) is 6.35. The van der Waals surface area contributed by atoms with Crippen LogP contribution in [0.5, 0.6) is 0 Å². The fraction of sp³-hybridized carbons (Fsp3) is 0.263. The van der Waals surface area contributed by atoms with Gasteiger partial charge >= 0.3 is 0 Å². The Hall–Kier alpha value is -2.71. The van der Waals surface area contributed by atoms with Gasteiger partial charge in [0.15, 0.2) is 5.76 Å². The van der Waals surface area contributed by atoms with Gasteiger partial charge < -0.3 is 8.83 Å². The molecule has 0 saturated carbocycles. The van der Waals surface area contributed by atoms with E-state index in [4.69, 9.17) is 8.83 Å². The smallest absolute Gasteiger partial charge is 0.283 e. The normalized spacial score (nSPS) is 16.9. The van der Waals surface area contributed by atoms with Crippen LogP contribution >= 0.6 is 0 Å². The fourth-order valence-electron chi connectivity index (χ4n) is 3.07. The van der Waals surface area contributed by atoms with Crippen molar-refractivity contribution >= 4 is 16.1 Å². The van der Waals surface area contributed by atoms with Crippen molar-refractivity contribution in [2.24, 2.45) is 0 Å². The molecule has 1 aromatic carbocycles. The molecule has 27 heavy (non-hydrogen) atoms. The predicted octanol–water partition coefficient (Wildman–Crippen LogP) is 3.51. The van der Waals surface area contributed by atoms with Crippen molar-refractivity contribution in [1.29, 1.82) is 0 Å². The summed E-state index contributed by atoms with van der Waals surface area (Å²) in [5, 5.41) is 9.38. The van der Waals surface area contributed by atoms with Crippen LogP contribution in [0.15, 0.2) is 63.0 Å². The van der Waals surface area contributed by atoms with Crippen LogP contribution in [0.1, 0.15) is 30.2 Å². The lowest BCUT2D eigenvalue weighted by molar-refractivity contribution is 0.293. The SMILES string of the molecule is O=S(=O)(C=Cc1ccccc1)N1CCC(c2nnc(-c3ccco3)o2)CC1. The molecule has 1 fully saturated rings. The third-order valence-electron chi connectivity index (χ3n) is 4.57. The highest BCUT2D eigenvalue weighted by Crippen LogP contribution is 2.30. The van der Waals surface area contributed by atoms with Crippen LogP contribution in [0.2, 0.25) is 0 Å². The maximum Gasteiger partial charge on any atom is 0.283 e. The van der Waals surface area contributed by atoms with Crippen LogP contribution < -0.4 is 0 Å². The number of nitrogens with zero attached hydrogens (tertiary/aromatic N) is 3. The minimum Gasteiger partial charge on any atom is -0.459 e. The Labute approximate surface area is 157 Å². The molecule has 0 amide bonds. The lowest BCUT2D eigenvalue weighted by Crippen LogP contribution is -2.36. The molecule has 0 unspecified atom stereocenters. The average Bonchev–Trinajstić information content (AvgIpc) is 3.39. The summed E-state index contributed by atoms with van der Waals surface area (Å²) >= 11 is 0. The van der Waals surface area contributed by atoms with Gasteiger partial charge in [-0.15, -0.1) is 10.2 Å². The van der Waals surface area contributed by atoms with Crippen molar-refractivity contribution in [1.82, 2.24) is 14.5 Å². The molecule has 0 aliphatic carbocycles. The van der Waals surface area contributed by atoms with Crippen molar-refractivity contribution in [3.05, 3.63) is 65.6 Å². The van der Waals surface area contributed by atoms with Gasteiger partial charge in [-0.05, 0) is 36.6 Å². The highest BCUT2D eigenvalue weighted by atomic mass is 32.2. The van der Waals surface area contributed by atoms with Crippen molar-refractivity contribution < 1.29 is 17.3 Å². The number of hydrogen-bond acceptors (Lipinski definition) is 6. The monoisotopic (exact) mass is 385 g/mol. The highest BCUT2D eigenvalue weighted by molar-refractivity contribution is 7.92. The average molecular weight is 385 g/mol. The minimum atomic E-state index is -3.45. The molecule has 0 radical (unpaired) electrons. The molecular formula is C19H19N3O4S. The van der Waals surface area contributed by atoms with Gasteiger partial charge in [-0.2, -0.15) is 4.31 Å². The largest absolute Gasteiger partial charge is 0.459 e. The molecule has 3 aromatic rings. The van der Waals surface area contributed by atoms with Crippen LogP contribution in [0, 0.1) is 0 Å². The number of hydrogen-bond donors (Lipinski definition) is 0. The van der Waals surface area contributed by atoms with Gasteiger partial charge in [0.2, 0.25) is 15.9 Å². The molecule has 1 saturated heterocycles. The van der Waals surface area contributed by atoms with Gasteiger partial charge in [0.05, 0.1) is 6.26 Å². The first-order valence-corrected chi connectivity index (χ1v) is 10.2. The van der Waals surface area contributed by atoms with Crippen molar-refractivity contribution in [2.75, 3.05) is 13.1 Å². The van der Waals surface area contributed by atoms with E-state index in [9.17, 15) is 8.42 Å². The number of rotatable bonds is 5. The van der Waals surface area contributed by atoms with E-state index in [-0.39, 0.29) is 5.92 Å². The van der Waals surface area contributed by atoms with Gasteiger partial charge in [0.1, 0.15) is 0 Å². The summed E-state index contributed by atoms with van der Waals surface area (Å²) in [5.74, 6) is 1.44. The summed E-state index contributed by atoms with van der Waals surface area (Å²) in [7, 11) is -3.45. The molecule has 140 valence electrons. The van der Waals surface area contributed by atoms with Crippen molar-refractivity contribution in [2.45, 2.75) is 18.8 Å². The third-order valence-corrected chi connectivity index (χ3v) is 6.13. The van der Waals surface area contributed by atoms with Crippen molar-refractivity contribution in [3.63, 3.8) is 0 Å². The summed E-state index contributed by atoms with van der Waals surface area (Å²) in [4.78, 5) is 0. The molecule has 8 heteroatoms. The first-order chi connectivity index (χ1) is 13.1. The Morgan fingerprint density at radius 1 is 1.04 bits per heavy atom. The number of furan rings is 1. The fourth-order valence-corrected chi connectivity index (χ4v) is 4.29. The number of sulfonamides is 1. The third kappa shape index (κ3) is 4.01. The molecule has 7 nitrogen and oxygen atoms in total. The van der Waals surface area contributed by atoms with Gasteiger partial charge in [-0.3, -0.25) is 0 Å². The molecule has 0 spiro atoms. The molecule has 0 bridgehead atoms. The summed E-state index contributed by atoms with van der Waals surface area (Å²) in [6.45, 7) is 0.842. The maximum atomic E-state index is 12.5. The molecule has 0 atom stereocenters. The van der Waals surface area contributed by atoms with E-state index in [2.05, 4.69) is 10.2 Å². The molecule has 2 aromatic heterocycles. The van der Waals surface area contributed by atoms with Gasteiger partial charge in [0.25, 0.3) is 5.89 Å². The summed E-state index contributed by atoms with van der Waals surface area (Å²) in [6.07, 6.45) is 4.44. The van der Waals surface area contributed by atoms with Crippen LogP contribution in [0.25, 0.3) is 17.7 Å². The molecular weight excluding hydrogens is 366 g/mol. The Bertz CT molecular complexity index is 1000. The summed E-state index contributed by atoms with van der Waals surface area (Å²) in [6, 6.07) is 12.9. The van der Waals surface area contributed by atoms with Gasteiger partial charge in [-0.1, -0.05) is 30.3 Å². The van der Waals surface area contributed by atoms with E-state index in [0.717, 1.165) is 5.56 Å². The number of benzene rings is 1. The van der Waals surface area contributed by atoms with Gasteiger partial charge in [0, 0.05) is 24.4 Å². The van der Waals surface area contributed by atoms with Gasteiger partial charge in [-0.25, -0.2) is 8.42 Å². The second-order valence-corrected chi connectivity index (χ2v) is 8.17. The summed E-state index contributed by atoms with van der Waals surface area (Å²) in [5.41, 5.74) is 0.854. The molecule has 3 heterocycles. The Balaban J connectivity index is 1.39. The molecule has 1 aliphatic heterocycles. The first kappa shape index (κ1) is 17.7. The molecule has 0 N–H and O–H groups in total. The Morgan fingerprint density at radius 3 is 2.52 bits per heavy atom. The topological polar surface area (TPSA) is 89.4 Å². The van der Waals surface area contributed by atoms with E-state index in [0.29, 0.717) is 43.5 Å². The van der Waals surface area contributed by atoms with Crippen LogP contribution in [0.4, 0.5) is 0 Å². The van der Waals surface area contributed by atoms with E-state index >= 15 is 0 Å². The number of piperidine rings is 1. The van der Waals surface area contributed by atoms with Crippen molar-refractivity contribution in [3.8, 4) is 11.7 Å². The first-order valence-electron chi connectivity index (χ1n) is 8.72. The Kier molecular flexibility index (Phi) is 4.91. The standard InChI is InChI=1S/C19H19N3O4S/c23-27(24,14-10-15-5-2-1-3-6-15)22-11-8-16(9-12-22)18-20-21-19(26-18)17-7-4-13-25-17/h1-7,10,13-14,16H,8-9,11-12H2. The highest BCUT2D eigenvalue weighted by Gasteiger charge is 2.30. The quantitative estimate of drug-likeness (QED) is 0.668. The van der Waals surface area contributed by atoms with E-state index < -0.39 is 10.0 Å². The lowest BCUT2D eigenvalue weighted by Gasteiger charge is -2.28. The van der Waals surface area contributed by atoms with Crippen LogP contribution in [-0.2, 0) is 10.0 Å². The zero-order chi connectivity index (χ0) is 18.7. The van der Waals surface area contributed by atoms with Crippen LogP contribution in [0.3, 0.4) is 0 Å². The summed E-state index contributed by atoms with van der Waals surface area (Å²) < 4.78 is 37.5. The predicted molar refractivity (Wildman–Crippen MR) is 99.9 cm³/mol. The van der Waals surface area contributed by atoms with E-state index in [1.165, 1.54) is 9.71 Å². The second kappa shape index (κ2) is 7.50. The van der Waals surface area contributed by atoms with E-state index in [1.54, 1.807) is 24.5 Å². The maximum absolute atomic E-state index is 12.5. The zero-order valence-electron chi connectivity index (χ0n) is 14.6. The molecule has 1 aliphatic rings.